The minimum atomic E-state index is -0.306. The van der Waals surface area contributed by atoms with Crippen LogP contribution in [0.25, 0.3) is 0 Å². The summed E-state index contributed by atoms with van der Waals surface area (Å²) in [6.07, 6.45) is 3.66. The largest absolute Gasteiger partial charge is 0.462 e. The molecule has 0 spiro atoms. The van der Waals surface area contributed by atoms with Crippen molar-refractivity contribution in [2.45, 2.75) is 33.1 Å². The second-order valence-electron chi connectivity index (χ2n) is 6.17. The topological polar surface area (TPSA) is 67.3 Å². The molecule has 1 aliphatic rings. The van der Waals surface area contributed by atoms with Crippen molar-refractivity contribution in [1.82, 2.24) is 9.97 Å². The fourth-order valence-corrected chi connectivity index (χ4v) is 2.90. The number of hydrogen-bond acceptors (Lipinski definition) is 6. The monoisotopic (exact) mass is 340 g/mol. The molecule has 0 saturated carbocycles. The van der Waals surface area contributed by atoms with Gasteiger partial charge in [0.05, 0.1) is 12.2 Å². The first kappa shape index (κ1) is 17.2. The molecule has 0 atom stereocenters. The fraction of sp³-hybridized carbons (Fsp3) is 0.421. The Labute approximate surface area is 148 Å². The normalized spacial score (nSPS) is 14.2. The van der Waals surface area contributed by atoms with E-state index in [2.05, 4.69) is 20.2 Å². The van der Waals surface area contributed by atoms with Crippen LogP contribution in [0, 0.1) is 6.92 Å². The number of benzene rings is 1. The molecule has 6 nitrogen and oxygen atoms in total. The first-order chi connectivity index (χ1) is 12.2. The van der Waals surface area contributed by atoms with Gasteiger partial charge in [-0.2, -0.15) is 4.98 Å². The molecule has 1 saturated heterocycles. The Kier molecular flexibility index (Phi) is 5.48. The van der Waals surface area contributed by atoms with Crippen molar-refractivity contribution in [3.63, 3.8) is 0 Å². The molecule has 6 heteroatoms. The van der Waals surface area contributed by atoms with Gasteiger partial charge in [0.15, 0.2) is 0 Å². The van der Waals surface area contributed by atoms with Gasteiger partial charge in [-0.1, -0.05) is 0 Å². The number of aryl methyl sites for hydroxylation is 1. The van der Waals surface area contributed by atoms with Gasteiger partial charge in [0.1, 0.15) is 5.82 Å². The van der Waals surface area contributed by atoms with Crippen molar-refractivity contribution in [3.05, 3.63) is 41.6 Å². The van der Waals surface area contributed by atoms with Crippen LogP contribution in [0.3, 0.4) is 0 Å². The number of hydrogen-bond donors (Lipinski definition) is 1. The van der Waals surface area contributed by atoms with E-state index in [0.717, 1.165) is 36.2 Å². The summed E-state index contributed by atoms with van der Waals surface area (Å²) < 4.78 is 5.00. The third-order valence-corrected chi connectivity index (χ3v) is 4.15. The Morgan fingerprint density at radius 3 is 2.56 bits per heavy atom. The first-order valence-electron chi connectivity index (χ1n) is 8.80. The van der Waals surface area contributed by atoms with Crippen LogP contribution >= 0.6 is 0 Å². The predicted molar refractivity (Wildman–Crippen MR) is 98.5 cm³/mol. The summed E-state index contributed by atoms with van der Waals surface area (Å²) in [5, 5.41) is 3.29. The quantitative estimate of drug-likeness (QED) is 0.837. The number of piperidine rings is 1. The molecule has 1 aliphatic heterocycles. The van der Waals surface area contributed by atoms with Crippen LogP contribution in [0.2, 0.25) is 0 Å². The van der Waals surface area contributed by atoms with Gasteiger partial charge < -0.3 is 15.0 Å². The van der Waals surface area contributed by atoms with Crippen LogP contribution in [0.15, 0.2) is 30.3 Å². The smallest absolute Gasteiger partial charge is 0.338 e. The van der Waals surface area contributed by atoms with Gasteiger partial charge in [-0.3, -0.25) is 0 Å². The van der Waals surface area contributed by atoms with Gasteiger partial charge in [0.2, 0.25) is 5.95 Å². The molecule has 0 amide bonds. The Hall–Kier alpha value is -2.63. The van der Waals surface area contributed by atoms with E-state index in [9.17, 15) is 4.79 Å². The van der Waals surface area contributed by atoms with E-state index in [1.54, 1.807) is 19.1 Å². The third-order valence-electron chi connectivity index (χ3n) is 4.15. The van der Waals surface area contributed by atoms with Gasteiger partial charge >= 0.3 is 5.97 Å². The van der Waals surface area contributed by atoms with Crippen LogP contribution in [-0.4, -0.2) is 35.6 Å². The summed E-state index contributed by atoms with van der Waals surface area (Å²) in [4.78, 5) is 23.2. The minimum Gasteiger partial charge on any atom is -0.462 e. The number of aromatic nitrogens is 2. The van der Waals surface area contributed by atoms with Crippen LogP contribution in [-0.2, 0) is 4.74 Å². The standard InChI is InChI=1S/C19H24N4O2/c1-3-25-18(24)15-7-9-16(10-8-15)21-17-13-14(2)20-19(22-17)23-11-5-4-6-12-23/h7-10,13H,3-6,11-12H2,1-2H3,(H,20,21,22). The average Bonchev–Trinajstić information content (AvgIpc) is 2.63. The van der Waals surface area contributed by atoms with E-state index in [-0.39, 0.29) is 5.97 Å². The van der Waals surface area contributed by atoms with E-state index in [0.29, 0.717) is 12.2 Å². The maximum Gasteiger partial charge on any atom is 0.338 e. The van der Waals surface area contributed by atoms with E-state index in [1.165, 1.54) is 19.3 Å². The molecule has 1 fully saturated rings. The molecule has 0 aliphatic carbocycles. The molecule has 1 aromatic carbocycles. The zero-order valence-corrected chi connectivity index (χ0v) is 14.8. The number of carbonyl (C=O) groups excluding carboxylic acids is 1. The van der Waals surface area contributed by atoms with Gasteiger partial charge in [0.25, 0.3) is 0 Å². The fourth-order valence-electron chi connectivity index (χ4n) is 2.90. The number of rotatable bonds is 5. The summed E-state index contributed by atoms with van der Waals surface area (Å²) in [6.45, 7) is 6.17. The van der Waals surface area contributed by atoms with Crippen molar-refractivity contribution in [1.29, 1.82) is 0 Å². The molecule has 3 rings (SSSR count). The van der Waals surface area contributed by atoms with Crippen molar-refractivity contribution < 1.29 is 9.53 Å². The Morgan fingerprint density at radius 2 is 1.88 bits per heavy atom. The molecular weight excluding hydrogens is 316 g/mol. The molecule has 1 N–H and O–H groups in total. The number of esters is 1. The highest BCUT2D eigenvalue weighted by atomic mass is 16.5. The van der Waals surface area contributed by atoms with Gasteiger partial charge in [-0.05, 0) is 57.4 Å². The zero-order chi connectivity index (χ0) is 17.6. The molecule has 2 aromatic rings. The lowest BCUT2D eigenvalue weighted by Crippen LogP contribution is -2.31. The highest BCUT2D eigenvalue weighted by molar-refractivity contribution is 5.89. The molecule has 1 aromatic heterocycles. The number of anilines is 3. The third kappa shape index (κ3) is 4.47. The van der Waals surface area contributed by atoms with Gasteiger partial charge in [-0.25, -0.2) is 9.78 Å². The number of nitrogens with zero attached hydrogens (tertiary/aromatic N) is 3. The highest BCUT2D eigenvalue weighted by Gasteiger charge is 2.15. The highest BCUT2D eigenvalue weighted by Crippen LogP contribution is 2.21. The Morgan fingerprint density at radius 1 is 1.16 bits per heavy atom. The second kappa shape index (κ2) is 7.96. The lowest BCUT2D eigenvalue weighted by molar-refractivity contribution is 0.0526. The Balaban J connectivity index is 1.73. The predicted octanol–water partition coefficient (Wildman–Crippen LogP) is 3.70. The first-order valence-corrected chi connectivity index (χ1v) is 8.80. The van der Waals surface area contributed by atoms with Crippen molar-refractivity contribution in [2.24, 2.45) is 0 Å². The number of ether oxygens (including phenoxy) is 1. The number of carbonyl (C=O) groups is 1. The van der Waals surface area contributed by atoms with E-state index in [1.807, 2.05) is 25.1 Å². The van der Waals surface area contributed by atoms with Crippen LogP contribution < -0.4 is 10.2 Å². The lowest BCUT2D eigenvalue weighted by atomic mass is 10.1. The Bertz CT molecular complexity index is 725. The molecule has 0 bridgehead atoms. The molecule has 2 heterocycles. The summed E-state index contributed by atoms with van der Waals surface area (Å²) in [7, 11) is 0. The molecule has 0 unspecified atom stereocenters. The van der Waals surface area contributed by atoms with Crippen LogP contribution in [0.1, 0.15) is 42.2 Å². The van der Waals surface area contributed by atoms with Gasteiger partial charge in [-0.15, -0.1) is 0 Å². The maximum atomic E-state index is 11.7. The SMILES string of the molecule is CCOC(=O)c1ccc(Nc2cc(C)nc(N3CCCCC3)n2)cc1. The summed E-state index contributed by atoms with van der Waals surface area (Å²) in [5.41, 5.74) is 2.34. The summed E-state index contributed by atoms with van der Waals surface area (Å²) in [6, 6.07) is 9.13. The average molecular weight is 340 g/mol. The maximum absolute atomic E-state index is 11.7. The molecule has 0 radical (unpaired) electrons. The van der Waals surface area contributed by atoms with Crippen LogP contribution in [0.4, 0.5) is 17.5 Å². The second-order valence-corrected chi connectivity index (χ2v) is 6.17. The lowest BCUT2D eigenvalue weighted by Gasteiger charge is -2.27. The minimum absolute atomic E-state index is 0.306. The molecule has 25 heavy (non-hydrogen) atoms. The van der Waals surface area contributed by atoms with Crippen molar-refractivity contribution in [2.75, 3.05) is 29.9 Å². The molecular formula is C19H24N4O2. The van der Waals surface area contributed by atoms with Crippen molar-refractivity contribution in [3.8, 4) is 0 Å². The summed E-state index contributed by atoms with van der Waals surface area (Å²) >= 11 is 0. The van der Waals surface area contributed by atoms with E-state index in [4.69, 9.17) is 4.74 Å². The zero-order valence-electron chi connectivity index (χ0n) is 14.8. The number of nitrogens with one attached hydrogen (secondary N) is 1. The van der Waals surface area contributed by atoms with Crippen LogP contribution in [0.5, 0.6) is 0 Å². The molecule has 132 valence electrons. The van der Waals surface area contributed by atoms with Gasteiger partial charge in [0, 0.05) is 30.5 Å². The summed E-state index contributed by atoms with van der Waals surface area (Å²) in [5.74, 6) is 1.24. The van der Waals surface area contributed by atoms with Crippen molar-refractivity contribution >= 4 is 23.4 Å². The van der Waals surface area contributed by atoms with E-state index >= 15 is 0 Å². The van der Waals surface area contributed by atoms with E-state index < -0.39 is 0 Å².